The first kappa shape index (κ1) is 9.71. The molecule has 0 saturated carbocycles. The summed E-state index contributed by atoms with van der Waals surface area (Å²) in [6.45, 7) is 2.10. The van der Waals surface area contributed by atoms with Crippen LogP contribution in [-0.4, -0.2) is 21.1 Å². The zero-order chi connectivity index (χ0) is 9.84. The van der Waals surface area contributed by atoms with Crippen LogP contribution in [0.5, 0.6) is 0 Å². The quantitative estimate of drug-likeness (QED) is 0.665. The second kappa shape index (κ2) is 4.03. The van der Waals surface area contributed by atoms with Gasteiger partial charge < -0.3 is 16.0 Å². The van der Waals surface area contributed by atoms with Crippen molar-refractivity contribution in [2.24, 2.45) is 0 Å². The first-order valence-corrected chi connectivity index (χ1v) is 4.41. The van der Waals surface area contributed by atoms with Gasteiger partial charge in [-0.1, -0.05) is 0 Å². The summed E-state index contributed by atoms with van der Waals surface area (Å²) >= 11 is 0. The maximum Gasteiger partial charge on any atom is 0.0623 e. The van der Waals surface area contributed by atoms with Crippen molar-refractivity contribution >= 4 is 17.1 Å². The van der Waals surface area contributed by atoms with E-state index in [1.807, 2.05) is 21.1 Å². The molecule has 0 bridgehead atoms. The third kappa shape index (κ3) is 1.69. The summed E-state index contributed by atoms with van der Waals surface area (Å²) in [5, 5.41) is 9.49. The summed E-state index contributed by atoms with van der Waals surface area (Å²) in [5.41, 5.74) is 4.66. The van der Waals surface area contributed by atoms with Crippen LogP contribution < -0.4 is 16.0 Å². The molecule has 0 unspecified atom stereocenters. The van der Waals surface area contributed by atoms with Crippen molar-refractivity contribution in [2.45, 2.75) is 6.92 Å². The topological polar surface area (TPSA) is 36.1 Å². The lowest BCUT2D eigenvalue weighted by Crippen LogP contribution is -2.01. The van der Waals surface area contributed by atoms with Crippen LogP contribution >= 0.6 is 0 Å². The first-order chi connectivity index (χ1) is 6.24. The van der Waals surface area contributed by atoms with Crippen LogP contribution in [0.4, 0.5) is 17.1 Å². The van der Waals surface area contributed by atoms with Gasteiger partial charge in [-0.05, 0) is 24.6 Å². The Kier molecular flexibility index (Phi) is 3.01. The lowest BCUT2D eigenvalue weighted by atomic mass is 10.1. The molecule has 0 amide bonds. The Balaban J connectivity index is 3.23. The second-order valence-corrected chi connectivity index (χ2v) is 2.91. The predicted molar refractivity (Wildman–Crippen MR) is 59.8 cm³/mol. The summed E-state index contributed by atoms with van der Waals surface area (Å²) in [6.07, 6.45) is 0. The van der Waals surface area contributed by atoms with Gasteiger partial charge in [0.25, 0.3) is 0 Å². The van der Waals surface area contributed by atoms with Crippen molar-refractivity contribution in [1.82, 2.24) is 0 Å². The van der Waals surface area contributed by atoms with E-state index in [1.54, 1.807) is 0 Å². The number of nitrogens with one attached hydrogen (secondary N) is 3. The van der Waals surface area contributed by atoms with Crippen LogP contribution in [0.2, 0.25) is 0 Å². The predicted octanol–water partition coefficient (Wildman–Crippen LogP) is 2.12. The van der Waals surface area contributed by atoms with E-state index in [0.717, 1.165) is 17.1 Å². The van der Waals surface area contributed by atoms with Gasteiger partial charge in [0.2, 0.25) is 0 Å². The molecule has 0 aromatic heterocycles. The highest BCUT2D eigenvalue weighted by Crippen LogP contribution is 2.30. The van der Waals surface area contributed by atoms with Crippen molar-refractivity contribution in [3.05, 3.63) is 17.7 Å². The smallest absolute Gasteiger partial charge is 0.0623 e. The van der Waals surface area contributed by atoms with Gasteiger partial charge >= 0.3 is 0 Å². The average molecular weight is 179 g/mol. The number of hydrogen-bond acceptors (Lipinski definition) is 3. The fourth-order valence-corrected chi connectivity index (χ4v) is 1.51. The normalized spacial score (nSPS) is 9.54. The summed E-state index contributed by atoms with van der Waals surface area (Å²) in [5.74, 6) is 0. The molecule has 1 aromatic rings. The van der Waals surface area contributed by atoms with E-state index >= 15 is 0 Å². The van der Waals surface area contributed by atoms with Gasteiger partial charge in [0.15, 0.2) is 0 Å². The Morgan fingerprint density at radius 2 is 1.38 bits per heavy atom. The van der Waals surface area contributed by atoms with E-state index in [-0.39, 0.29) is 0 Å². The van der Waals surface area contributed by atoms with E-state index in [0.29, 0.717) is 0 Å². The van der Waals surface area contributed by atoms with Crippen molar-refractivity contribution in [2.75, 3.05) is 37.1 Å². The zero-order valence-corrected chi connectivity index (χ0v) is 8.65. The molecule has 3 nitrogen and oxygen atoms in total. The maximum absolute atomic E-state index is 3.19. The summed E-state index contributed by atoms with van der Waals surface area (Å²) in [7, 11) is 5.79. The molecule has 0 heterocycles. The van der Waals surface area contributed by atoms with Crippen LogP contribution in [0.3, 0.4) is 0 Å². The summed E-state index contributed by atoms with van der Waals surface area (Å²) in [4.78, 5) is 0. The van der Waals surface area contributed by atoms with Crippen LogP contribution in [0, 0.1) is 6.92 Å². The highest BCUT2D eigenvalue weighted by Gasteiger charge is 2.05. The molecular formula is C10H17N3. The molecule has 0 radical (unpaired) electrons. The van der Waals surface area contributed by atoms with Gasteiger partial charge in [-0.25, -0.2) is 0 Å². The maximum atomic E-state index is 3.19. The first-order valence-electron chi connectivity index (χ1n) is 4.41. The molecule has 1 rings (SSSR count). The van der Waals surface area contributed by atoms with Crippen molar-refractivity contribution in [1.29, 1.82) is 0 Å². The lowest BCUT2D eigenvalue weighted by Gasteiger charge is -2.15. The molecule has 3 N–H and O–H groups in total. The minimum absolute atomic E-state index is 1.12. The minimum Gasteiger partial charge on any atom is -0.388 e. The molecule has 0 fully saturated rings. The number of hydrogen-bond donors (Lipinski definition) is 3. The molecule has 0 atom stereocenters. The molecule has 3 heteroatoms. The van der Waals surface area contributed by atoms with E-state index in [4.69, 9.17) is 0 Å². The Bertz CT molecular complexity index is 294. The average Bonchev–Trinajstić information content (AvgIpc) is 2.17. The Morgan fingerprint density at radius 1 is 0.846 bits per heavy atom. The fraction of sp³-hybridized carbons (Fsp3) is 0.400. The molecule has 0 spiro atoms. The molecule has 0 aliphatic carbocycles. The standard InChI is InChI=1S/C10H17N3/c1-7-8(11-2)5-6-9(12-3)10(7)13-4/h5-6,11-13H,1-4H3. The van der Waals surface area contributed by atoms with Gasteiger partial charge in [-0.15, -0.1) is 0 Å². The monoisotopic (exact) mass is 179 g/mol. The number of rotatable bonds is 3. The minimum atomic E-state index is 1.12. The van der Waals surface area contributed by atoms with Gasteiger partial charge in [-0.2, -0.15) is 0 Å². The molecular weight excluding hydrogens is 162 g/mol. The van der Waals surface area contributed by atoms with Crippen LogP contribution in [0.25, 0.3) is 0 Å². The second-order valence-electron chi connectivity index (χ2n) is 2.91. The van der Waals surface area contributed by atoms with Gasteiger partial charge in [-0.3, -0.25) is 0 Å². The molecule has 1 aromatic carbocycles. The van der Waals surface area contributed by atoms with Crippen LogP contribution in [0.15, 0.2) is 12.1 Å². The summed E-state index contributed by atoms with van der Waals surface area (Å²) in [6, 6.07) is 4.13. The molecule has 13 heavy (non-hydrogen) atoms. The third-order valence-electron chi connectivity index (χ3n) is 2.25. The largest absolute Gasteiger partial charge is 0.388 e. The molecule has 0 aliphatic heterocycles. The zero-order valence-electron chi connectivity index (χ0n) is 8.65. The van der Waals surface area contributed by atoms with Gasteiger partial charge in [0, 0.05) is 26.8 Å². The Labute approximate surface area is 79.5 Å². The van der Waals surface area contributed by atoms with Crippen molar-refractivity contribution in [3.63, 3.8) is 0 Å². The fourth-order valence-electron chi connectivity index (χ4n) is 1.51. The van der Waals surface area contributed by atoms with E-state index in [1.165, 1.54) is 5.56 Å². The third-order valence-corrected chi connectivity index (χ3v) is 2.25. The Morgan fingerprint density at radius 3 is 1.85 bits per heavy atom. The van der Waals surface area contributed by atoms with Crippen LogP contribution in [-0.2, 0) is 0 Å². The van der Waals surface area contributed by atoms with Crippen molar-refractivity contribution in [3.8, 4) is 0 Å². The Hall–Kier alpha value is -1.38. The van der Waals surface area contributed by atoms with Gasteiger partial charge in [0.05, 0.1) is 11.4 Å². The van der Waals surface area contributed by atoms with E-state index in [2.05, 4.69) is 35.0 Å². The van der Waals surface area contributed by atoms with Crippen LogP contribution in [0.1, 0.15) is 5.56 Å². The van der Waals surface area contributed by atoms with E-state index < -0.39 is 0 Å². The van der Waals surface area contributed by atoms with E-state index in [9.17, 15) is 0 Å². The number of benzene rings is 1. The molecule has 0 saturated heterocycles. The van der Waals surface area contributed by atoms with Gasteiger partial charge in [0.1, 0.15) is 0 Å². The number of anilines is 3. The molecule has 0 aliphatic rings. The van der Waals surface area contributed by atoms with Crippen molar-refractivity contribution < 1.29 is 0 Å². The molecule has 72 valence electrons. The SMILES string of the molecule is CNc1ccc(NC)c(NC)c1C. The highest BCUT2D eigenvalue weighted by molar-refractivity contribution is 5.78. The highest BCUT2D eigenvalue weighted by atomic mass is 14.9. The lowest BCUT2D eigenvalue weighted by molar-refractivity contribution is 1.35. The summed E-state index contributed by atoms with van der Waals surface area (Å²) < 4.78 is 0.